The number of benzene rings is 2. The van der Waals surface area contributed by atoms with Gasteiger partial charge in [-0.2, -0.15) is 0 Å². The monoisotopic (exact) mass is 464 g/mol. The minimum absolute atomic E-state index is 0.0992. The van der Waals surface area contributed by atoms with Crippen molar-refractivity contribution in [2.75, 3.05) is 18.3 Å². The Labute approximate surface area is 155 Å². The SMILES string of the molecule is NC(=O)c1ccc(F)cc1N(OCC(O)CO)c1ccc(I)cc1F. The van der Waals surface area contributed by atoms with Crippen LogP contribution >= 0.6 is 22.6 Å². The number of carbonyl (C=O) groups excluding carboxylic acids is 1. The molecule has 2 rings (SSSR count). The van der Waals surface area contributed by atoms with E-state index in [2.05, 4.69) is 0 Å². The number of hydrogen-bond donors (Lipinski definition) is 3. The lowest BCUT2D eigenvalue weighted by Gasteiger charge is -2.27. The Balaban J connectivity index is 2.55. The number of rotatable bonds is 7. The molecule has 0 fully saturated rings. The van der Waals surface area contributed by atoms with Crippen LogP contribution < -0.4 is 10.8 Å². The average Bonchev–Trinajstić information content (AvgIpc) is 2.56. The highest BCUT2D eigenvalue weighted by Gasteiger charge is 2.22. The quantitative estimate of drug-likeness (QED) is 0.431. The number of carbonyl (C=O) groups is 1. The van der Waals surface area contributed by atoms with E-state index in [-0.39, 0.29) is 16.9 Å². The molecule has 1 atom stereocenters. The van der Waals surface area contributed by atoms with Gasteiger partial charge in [-0.3, -0.25) is 9.63 Å². The molecule has 25 heavy (non-hydrogen) atoms. The Morgan fingerprint density at radius 1 is 1.24 bits per heavy atom. The molecular weight excluding hydrogens is 449 g/mol. The van der Waals surface area contributed by atoms with Crippen molar-refractivity contribution in [3.05, 3.63) is 57.2 Å². The van der Waals surface area contributed by atoms with E-state index in [1.54, 1.807) is 6.07 Å². The number of primary amides is 1. The smallest absolute Gasteiger partial charge is 0.250 e. The van der Waals surface area contributed by atoms with E-state index in [0.717, 1.165) is 23.3 Å². The second-order valence-electron chi connectivity index (χ2n) is 5.05. The minimum Gasteiger partial charge on any atom is -0.394 e. The summed E-state index contributed by atoms with van der Waals surface area (Å²) in [6, 6.07) is 7.32. The fourth-order valence-electron chi connectivity index (χ4n) is 2.01. The molecule has 0 spiro atoms. The fraction of sp³-hybridized carbons (Fsp3) is 0.188. The summed E-state index contributed by atoms with van der Waals surface area (Å²) in [6.45, 7) is -1.01. The fourth-order valence-corrected chi connectivity index (χ4v) is 2.46. The second kappa shape index (κ2) is 8.52. The van der Waals surface area contributed by atoms with Crippen LogP contribution in [0.3, 0.4) is 0 Å². The highest BCUT2D eigenvalue weighted by molar-refractivity contribution is 14.1. The third-order valence-corrected chi connectivity index (χ3v) is 3.85. The number of hydrogen-bond acceptors (Lipinski definition) is 5. The lowest BCUT2D eigenvalue weighted by molar-refractivity contribution is 0.00560. The van der Waals surface area contributed by atoms with Gasteiger partial charge < -0.3 is 15.9 Å². The van der Waals surface area contributed by atoms with Crippen molar-refractivity contribution < 1.29 is 28.6 Å². The Morgan fingerprint density at radius 3 is 2.56 bits per heavy atom. The molecule has 0 aliphatic rings. The molecule has 1 amide bonds. The summed E-state index contributed by atoms with van der Waals surface area (Å²) in [4.78, 5) is 17.0. The normalized spacial score (nSPS) is 12.0. The number of aliphatic hydroxyl groups excluding tert-OH is 2. The number of amides is 1. The lowest BCUT2D eigenvalue weighted by Crippen LogP contribution is -2.29. The zero-order valence-electron chi connectivity index (χ0n) is 12.8. The average molecular weight is 464 g/mol. The van der Waals surface area contributed by atoms with Crippen molar-refractivity contribution >= 4 is 39.9 Å². The van der Waals surface area contributed by atoms with Gasteiger partial charge in [-0.15, -0.1) is 0 Å². The maximum Gasteiger partial charge on any atom is 0.250 e. The van der Waals surface area contributed by atoms with Crippen molar-refractivity contribution in [2.24, 2.45) is 5.73 Å². The summed E-state index contributed by atoms with van der Waals surface area (Å²) in [5.41, 5.74) is 4.96. The predicted molar refractivity (Wildman–Crippen MR) is 95.2 cm³/mol. The number of nitrogens with zero attached hydrogens (tertiary/aromatic N) is 1. The van der Waals surface area contributed by atoms with Gasteiger partial charge in [0.25, 0.3) is 5.91 Å². The first-order valence-electron chi connectivity index (χ1n) is 7.10. The summed E-state index contributed by atoms with van der Waals surface area (Å²) < 4.78 is 28.7. The summed E-state index contributed by atoms with van der Waals surface area (Å²) in [6.07, 6.45) is -1.25. The maximum absolute atomic E-state index is 14.4. The van der Waals surface area contributed by atoms with E-state index in [0.29, 0.717) is 3.57 Å². The van der Waals surface area contributed by atoms with Gasteiger partial charge in [0, 0.05) is 9.64 Å². The number of halogens is 3. The van der Waals surface area contributed by atoms with Crippen LogP contribution in [-0.4, -0.2) is 35.4 Å². The molecule has 4 N–H and O–H groups in total. The highest BCUT2D eigenvalue weighted by atomic mass is 127. The zero-order chi connectivity index (χ0) is 18.6. The molecule has 134 valence electrons. The van der Waals surface area contributed by atoms with E-state index < -0.39 is 36.9 Å². The maximum atomic E-state index is 14.4. The molecule has 0 saturated carbocycles. The molecule has 9 heteroatoms. The standard InChI is InChI=1S/C16H15F2IN2O4/c17-9-1-3-12(16(20)24)15(5-9)21(25-8-11(23)7-22)14-4-2-10(19)6-13(14)18/h1-6,11,22-23H,7-8H2,(H2,20,24). The van der Waals surface area contributed by atoms with Crippen LogP contribution in [-0.2, 0) is 4.84 Å². The van der Waals surface area contributed by atoms with Gasteiger partial charge >= 0.3 is 0 Å². The van der Waals surface area contributed by atoms with Crippen LogP contribution in [0.25, 0.3) is 0 Å². The lowest BCUT2D eigenvalue weighted by atomic mass is 10.1. The van der Waals surface area contributed by atoms with Crippen LogP contribution in [0.2, 0.25) is 0 Å². The minimum atomic E-state index is -1.25. The summed E-state index contributed by atoms with van der Waals surface area (Å²) in [5, 5.41) is 19.3. The Bertz CT molecular complexity index is 776. The number of anilines is 2. The van der Waals surface area contributed by atoms with Crippen LogP contribution in [0.1, 0.15) is 10.4 Å². The van der Waals surface area contributed by atoms with Gasteiger partial charge in [0.15, 0.2) is 0 Å². The van der Waals surface area contributed by atoms with Crippen molar-refractivity contribution in [1.29, 1.82) is 0 Å². The van der Waals surface area contributed by atoms with E-state index in [1.165, 1.54) is 12.1 Å². The van der Waals surface area contributed by atoms with Gasteiger partial charge in [-0.05, 0) is 52.9 Å². The Morgan fingerprint density at radius 2 is 1.96 bits per heavy atom. The largest absolute Gasteiger partial charge is 0.394 e. The first-order valence-corrected chi connectivity index (χ1v) is 8.17. The highest BCUT2D eigenvalue weighted by Crippen LogP contribution is 2.32. The van der Waals surface area contributed by atoms with Crippen molar-refractivity contribution in [3.8, 4) is 0 Å². The summed E-state index contributed by atoms with van der Waals surface area (Å²) in [7, 11) is 0. The van der Waals surface area contributed by atoms with Gasteiger partial charge in [-0.25, -0.2) is 13.8 Å². The molecule has 0 radical (unpaired) electrons. The van der Waals surface area contributed by atoms with Crippen LogP contribution in [0.15, 0.2) is 36.4 Å². The molecule has 0 bridgehead atoms. The Hall–Kier alpha value is -1.82. The molecule has 2 aromatic carbocycles. The van der Waals surface area contributed by atoms with E-state index in [4.69, 9.17) is 15.7 Å². The summed E-state index contributed by atoms with van der Waals surface area (Å²) >= 11 is 1.91. The van der Waals surface area contributed by atoms with Gasteiger partial charge in [-0.1, -0.05) is 0 Å². The molecule has 6 nitrogen and oxygen atoms in total. The first kappa shape index (κ1) is 19.5. The molecule has 0 saturated heterocycles. The van der Waals surface area contributed by atoms with Gasteiger partial charge in [0.2, 0.25) is 0 Å². The molecule has 0 heterocycles. The molecule has 0 aliphatic carbocycles. The van der Waals surface area contributed by atoms with E-state index in [1.807, 2.05) is 22.6 Å². The summed E-state index contributed by atoms with van der Waals surface area (Å²) in [5.74, 6) is -2.25. The van der Waals surface area contributed by atoms with Crippen LogP contribution in [0.4, 0.5) is 20.2 Å². The van der Waals surface area contributed by atoms with Crippen molar-refractivity contribution in [2.45, 2.75) is 6.10 Å². The molecule has 0 aliphatic heterocycles. The van der Waals surface area contributed by atoms with Crippen LogP contribution in [0.5, 0.6) is 0 Å². The second-order valence-corrected chi connectivity index (χ2v) is 6.29. The number of nitrogens with two attached hydrogens (primary N) is 1. The van der Waals surface area contributed by atoms with E-state index in [9.17, 15) is 18.7 Å². The predicted octanol–water partition coefficient (Wildman–Crippen LogP) is 2.09. The Kier molecular flexibility index (Phi) is 6.64. The van der Waals surface area contributed by atoms with Crippen molar-refractivity contribution in [3.63, 3.8) is 0 Å². The van der Waals surface area contributed by atoms with Crippen LogP contribution in [0, 0.1) is 15.2 Å². The van der Waals surface area contributed by atoms with Crippen molar-refractivity contribution in [1.82, 2.24) is 0 Å². The molecule has 0 aromatic heterocycles. The van der Waals surface area contributed by atoms with Gasteiger partial charge in [0.05, 0.1) is 17.9 Å². The van der Waals surface area contributed by atoms with E-state index >= 15 is 0 Å². The molecule has 1 unspecified atom stereocenters. The zero-order valence-corrected chi connectivity index (χ0v) is 15.0. The molecule has 2 aromatic rings. The third kappa shape index (κ3) is 4.84. The topological polar surface area (TPSA) is 96.0 Å². The third-order valence-electron chi connectivity index (χ3n) is 3.18. The number of aliphatic hydroxyl groups is 2. The molecular formula is C16H15F2IN2O4. The first-order chi connectivity index (χ1) is 11.8. The van der Waals surface area contributed by atoms with Gasteiger partial charge in [0.1, 0.15) is 30.0 Å².